The van der Waals surface area contributed by atoms with Gasteiger partial charge in [-0.25, -0.2) is 0 Å². The van der Waals surface area contributed by atoms with E-state index in [1.165, 1.54) is 12.8 Å². The molecule has 160 valence electrons. The molecule has 0 saturated carbocycles. The summed E-state index contributed by atoms with van der Waals surface area (Å²) >= 11 is 0. The Bertz CT molecular complexity index is 765. The molecule has 0 spiro atoms. The zero-order valence-electron chi connectivity index (χ0n) is 17.0. The maximum Gasteiger partial charge on any atom is 0.241 e. The van der Waals surface area contributed by atoms with Gasteiger partial charge in [0, 0.05) is 12.1 Å². The average molecular weight is 440 g/mol. The molecule has 1 heterocycles. The SMILES string of the molecule is COc1ccccc1C(CNC(=O)C(N)c1ccc(C)cc1)N1CCCC1.Cl.Cl. The quantitative estimate of drug-likeness (QED) is 0.688. The lowest BCUT2D eigenvalue weighted by atomic mass is 10.0. The molecule has 0 aliphatic carbocycles. The van der Waals surface area contributed by atoms with E-state index in [2.05, 4.69) is 16.3 Å². The van der Waals surface area contributed by atoms with Gasteiger partial charge in [0.1, 0.15) is 11.8 Å². The minimum absolute atomic E-state index is 0. The van der Waals surface area contributed by atoms with Crippen molar-refractivity contribution >= 4 is 30.7 Å². The zero-order chi connectivity index (χ0) is 19.2. The van der Waals surface area contributed by atoms with E-state index >= 15 is 0 Å². The van der Waals surface area contributed by atoms with Gasteiger partial charge >= 0.3 is 0 Å². The van der Waals surface area contributed by atoms with Crippen LogP contribution in [0.4, 0.5) is 0 Å². The van der Waals surface area contributed by atoms with E-state index in [0.717, 1.165) is 35.5 Å². The minimum Gasteiger partial charge on any atom is -0.496 e. The molecule has 2 atom stereocenters. The van der Waals surface area contributed by atoms with Crippen molar-refractivity contribution in [1.82, 2.24) is 10.2 Å². The number of carbonyl (C=O) groups excluding carboxylic acids is 1. The van der Waals surface area contributed by atoms with Crippen molar-refractivity contribution in [3.05, 3.63) is 65.2 Å². The van der Waals surface area contributed by atoms with Gasteiger partial charge in [0.2, 0.25) is 5.91 Å². The number of likely N-dealkylation sites (tertiary alicyclic amines) is 1. The van der Waals surface area contributed by atoms with Crippen LogP contribution in [0.2, 0.25) is 0 Å². The number of para-hydroxylation sites is 1. The van der Waals surface area contributed by atoms with Crippen LogP contribution in [-0.2, 0) is 4.79 Å². The number of halogens is 2. The monoisotopic (exact) mass is 439 g/mol. The average Bonchev–Trinajstić information content (AvgIpc) is 3.23. The van der Waals surface area contributed by atoms with Gasteiger partial charge in [0.15, 0.2) is 0 Å². The molecule has 3 rings (SSSR count). The molecule has 29 heavy (non-hydrogen) atoms. The molecule has 0 radical (unpaired) electrons. The second-order valence-electron chi connectivity index (χ2n) is 7.13. The largest absolute Gasteiger partial charge is 0.496 e. The Morgan fingerprint density at radius 1 is 1.10 bits per heavy atom. The first kappa shape index (κ1) is 25.2. The fourth-order valence-corrected chi connectivity index (χ4v) is 3.66. The van der Waals surface area contributed by atoms with Crippen LogP contribution in [0.5, 0.6) is 5.75 Å². The van der Waals surface area contributed by atoms with Crippen molar-refractivity contribution in [1.29, 1.82) is 0 Å². The molecule has 2 aromatic rings. The Morgan fingerprint density at radius 3 is 2.34 bits per heavy atom. The summed E-state index contributed by atoms with van der Waals surface area (Å²) in [6, 6.07) is 15.2. The molecular weight excluding hydrogens is 409 g/mol. The lowest BCUT2D eigenvalue weighted by Crippen LogP contribution is -2.40. The van der Waals surface area contributed by atoms with Gasteiger partial charge in [0.05, 0.1) is 13.2 Å². The van der Waals surface area contributed by atoms with E-state index in [0.29, 0.717) is 6.54 Å². The van der Waals surface area contributed by atoms with Crippen LogP contribution < -0.4 is 15.8 Å². The lowest BCUT2D eigenvalue weighted by molar-refractivity contribution is -0.122. The van der Waals surface area contributed by atoms with Gasteiger partial charge < -0.3 is 15.8 Å². The van der Waals surface area contributed by atoms with E-state index in [-0.39, 0.29) is 36.8 Å². The van der Waals surface area contributed by atoms with E-state index in [1.807, 2.05) is 49.4 Å². The molecule has 1 fully saturated rings. The summed E-state index contributed by atoms with van der Waals surface area (Å²) in [5, 5.41) is 3.06. The second-order valence-corrected chi connectivity index (χ2v) is 7.13. The zero-order valence-corrected chi connectivity index (χ0v) is 18.6. The molecule has 1 aliphatic rings. The number of nitrogens with zero attached hydrogens (tertiary/aromatic N) is 1. The summed E-state index contributed by atoms with van der Waals surface area (Å²) in [5.41, 5.74) is 9.25. The molecule has 1 aliphatic heterocycles. The number of amides is 1. The van der Waals surface area contributed by atoms with Gasteiger partial charge in [-0.05, 0) is 44.5 Å². The predicted octanol–water partition coefficient (Wildman–Crippen LogP) is 3.80. The highest BCUT2D eigenvalue weighted by Gasteiger charge is 2.27. The van der Waals surface area contributed by atoms with E-state index in [9.17, 15) is 4.79 Å². The highest BCUT2D eigenvalue weighted by atomic mass is 35.5. The molecule has 7 heteroatoms. The van der Waals surface area contributed by atoms with Crippen LogP contribution in [-0.4, -0.2) is 37.6 Å². The first-order valence-corrected chi connectivity index (χ1v) is 9.57. The highest BCUT2D eigenvalue weighted by Crippen LogP contribution is 2.31. The van der Waals surface area contributed by atoms with Crippen molar-refractivity contribution in [2.24, 2.45) is 5.73 Å². The highest BCUT2D eigenvalue weighted by molar-refractivity contribution is 5.85. The summed E-state index contributed by atoms with van der Waals surface area (Å²) in [6.07, 6.45) is 2.37. The first-order chi connectivity index (χ1) is 13.1. The Labute approximate surface area is 185 Å². The standard InChI is InChI=1S/C22H29N3O2.2ClH/c1-16-9-11-17(12-10-16)21(23)22(26)24-15-19(25-13-5-6-14-25)18-7-3-4-8-20(18)27-2;;/h3-4,7-12,19,21H,5-6,13-15,23H2,1-2H3,(H,24,26);2*1H. The van der Waals surface area contributed by atoms with Crippen LogP contribution in [0.15, 0.2) is 48.5 Å². The number of carbonyl (C=O) groups is 1. The summed E-state index contributed by atoms with van der Waals surface area (Å²) in [4.78, 5) is 15.1. The van der Waals surface area contributed by atoms with Crippen molar-refractivity contribution in [3.63, 3.8) is 0 Å². The maximum atomic E-state index is 12.6. The van der Waals surface area contributed by atoms with Crippen LogP contribution >= 0.6 is 24.8 Å². The molecule has 2 unspecified atom stereocenters. The van der Waals surface area contributed by atoms with E-state index < -0.39 is 6.04 Å². The normalized spacial score (nSPS) is 15.6. The fourth-order valence-electron chi connectivity index (χ4n) is 3.66. The summed E-state index contributed by atoms with van der Waals surface area (Å²) < 4.78 is 5.56. The summed E-state index contributed by atoms with van der Waals surface area (Å²) in [5.74, 6) is 0.699. The Morgan fingerprint density at radius 2 is 1.72 bits per heavy atom. The van der Waals surface area contributed by atoms with Gasteiger partial charge in [-0.1, -0.05) is 48.0 Å². The van der Waals surface area contributed by atoms with E-state index in [4.69, 9.17) is 10.5 Å². The van der Waals surface area contributed by atoms with Gasteiger partial charge in [-0.15, -0.1) is 24.8 Å². The van der Waals surface area contributed by atoms with Crippen LogP contribution in [0.1, 0.15) is 41.6 Å². The smallest absolute Gasteiger partial charge is 0.241 e. The number of rotatable bonds is 7. The van der Waals surface area contributed by atoms with E-state index in [1.54, 1.807) is 7.11 Å². The van der Waals surface area contributed by atoms with Gasteiger partial charge in [-0.3, -0.25) is 9.69 Å². The molecular formula is C22H31Cl2N3O2. The third-order valence-electron chi connectivity index (χ3n) is 5.27. The molecule has 1 saturated heterocycles. The Kier molecular flexibility index (Phi) is 10.5. The van der Waals surface area contributed by atoms with Crippen molar-refractivity contribution in [2.75, 3.05) is 26.7 Å². The minimum atomic E-state index is -0.664. The van der Waals surface area contributed by atoms with Gasteiger partial charge in [-0.2, -0.15) is 0 Å². The third-order valence-corrected chi connectivity index (χ3v) is 5.27. The summed E-state index contributed by atoms with van der Waals surface area (Å²) in [7, 11) is 1.69. The Hall–Kier alpha value is -1.79. The van der Waals surface area contributed by atoms with Crippen LogP contribution in [0, 0.1) is 6.92 Å². The summed E-state index contributed by atoms with van der Waals surface area (Å²) in [6.45, 7) is 4.59. The van der Waals surface area contributed by atoms with Crippen molar-refractivity contribution in [3.8, 4) is 5.75 Å². The number of nitrogens with two attached hydrogens (primary N) is 1. The molecule has 3 N–H and O–H groups in total. The number of methoxy groups -OCH3 is 1. The number of ether oxygens (including phenoxy) is 1. The third kappa shape index (κ3) is 6.34. The second kappa shape index (κ2) is 12.0. The number of hydrogen-bond acceptors (Lipinski definition) is 4. The molecule has 0 aromatic heterocycles. The van der Waals surface area contributed by atoms with Crippen LogP contribution in [0.25, 0.3) is 0 Å². The number of hydrogen-bond donors (Lipinski definition) is 2. The number of nitrogens with one attached hydrogen (secondary N) is 1. The molecule has 1 amide bonds. The maximum absolute atomic E-state index is 12.6. The lowest BCUT2D eigenvalue weighted by Gasteiger charge is -2.29. The fraction of sp³-hybridized carbons (Fsp3) is 0.409. The van der Waals surface area contributed by atoms with Crippen molar-refractivity contribution < 1.29 is 9.53 Å². The van der Waals surface area contributed by atoms with Crippen molar-refractivity contribution in [2.45, 2.75) is 31.8 Å². The van der Waals surface area contributed by atoms with Gasteiger partial charge in [0.25, 0.3) is 0 Å². The topological polar surface area (TPSA) is 67.6 Å². The molecule has 5 nitrogen and oxygen atoms in total. The predicted molar refractivity (Wildman–Crippen MR) is 122 cm³/mol. The molecule has 2 aromatic carbocycles. The number of benzene rings is 2. The Balaban J connectivity index is 0.00000210. The van der Waals surface area contributed by atoms with Crippen LogP contribution in [0.3, 0.4) is 0 Å². The number of aryl methyl sites for hydroxylation is 1. The first-order valence-electron chi connectivity index (χ1n) is 9.57. The molecule has 0 bridgehead atoms.